The monoisotopic (exact) mass is 252 g/mol. The number of benzene rings is 1. The molecule has 0 aromatic heterocycles. The Morgan fingerprint density at radius 3 is 2.41 bits per heavy atom. The summed E-state index contributed by atoms with van der Waals surface area (Å²) >= 11 is 0. The van der Waals surface area contributed by atoms with E-state index < -0.39 is 10.0 Å². The van der Waals surface area contributed by atoms with E-state index >= 15 is 0 Å². The van der Waals surface area contributed by atoms with Crippen molar-refractivity contribution >= 4 is 15.7 Å². The first-order valence-electron chi connectivity index (χ1n) is 5.63. The number of sulfonamides is 1. The van der Waals surface area contributed by atoms with Crippen molar-refractivity contribution in [3.8, 4) is 0 Å². The van der Waals surface area contributed by atoms with Gasteiger partial charge in [-0.25, -0.2) is 0 Å². The fraction of sp³-hybridized carbons (Fsp3) is 0.417. The molecule has 0 bridgehead atoms. The first-order valence-corrected chi connectivity index (χ1v) is 7.07. The van der Waals surface area contributed by atoms with Gasteiger partial charge in [0.15, 0.2) is 0 Å². The van der Waals surface area contributed by atoms with E-state index in [0.717, 1.165) is 24.1 Å². The molecule has 0 spiro atoms. The van der Waals surface area contributed by atoms with Gasteiger partial charge in [0.25, 0.3) is 10.0 Å². The lowest BCUT2D eigenvalue weighted by atomic mass is 10.2. The van der Waals surface area contributed by atoms with Crippen molar-refractivity contribution < 1.29 is 8.42 Å². The Balaban J connectivity index is 2.36. The van der Waals surface area contributed by atoms with Crippen molar-refractivity contribution in [1.82, 2.24) is 4.41 Å². The van der Waals surface area contributed by atoms with Crippen LogP contribution in [0.4, 0.5) is 0 Å². The minimum Gasteiger partial charge on any atom is -0.200 e. The zero-order chi connectivity index (χ0) is 12.5. The molecule has 0 unspecified atom stereocenters. The van der Waals surface area contributed by atoms with E-state index in [9.17, 15) is 8.42 Å². The van der Waals surface area contributed by atoms with Crippen LogP contribution in [0.1, 0.15) is 25.3 Å². The highest BCUT2D eigenvalue weighted by molar-refractivity contribution is 7.89. The molecule has 0 saturated heterocycles. The van der Waals surface area contributed by atoms with Crippen LogP contribution in [0.5, 0.6) is 0 Å². The molecule has 1 aromatic rings. The molecule has 0 atom stereocenters. The summed E-state index contributed by atoms with van der Waals surface area (Å²) in [5.74, 6) is 0. The van der Waals surface area contributed by atoms with Gasteiger partial charge >= 0.3 is 0 Å². The molecule has 1 heterocycles. The largest absolute Gasteiger partial charge is 0.278 e. The molecule has 92 valence electrons. The molecule has 0 aliphatic carbocycles. The molecule has 0 saturated carbocycles. The van der Waals surface area contributed by atoms with Crippen LogP contribution in [-0.2, 0) is 10.0 Å². The minimum absolute atomic E-state index is 0.307. The molecule has 17 heavy (non-hydrogen) atoms. The molecular weight excluding hydrogens is 236 g/mol. The van der Waals surface area contributed by atoms with E-state index in [2.05, 4.69) is 5.10 Å². The van der Waals surface area contributed by atoms with E-state index in [-0.39, 0.29) is 0 Å². The van der Waals surface area contributed by atoms with Crippen LogP contribution in [0.25, 0.3) is 0 Å². The lowest BCUT2D eigenvalue weighted by Gasteiger charge is -2.23. The van der Waals surface area contributed by atoms with Crippen LogP contribution in [0, 0.1) is 6.92 Å². The van der Waals surface area contributed by atoms with Crippen LogP contribution in [-0.4, -0.2) is 25.1 Å². The molecular formula is C12H16N2O2S. The second kappa shape index (κ2) is 4.49. The van der Waals surface area contributed by atoms with Crippen LogP contribution in [0.3, 0.4) is 0 Å². The summed E-state index contributed by atoms with van der Waals surface area (Å²) in [5, 5.41) is 4.11. The van der Waals surface area contributed by atoms with Gasteiger partial charge in [-0.1, -0.05) is 17.7 Å². The Kier molecular flexibility index (Phi) is 3.19. The first-order chi connectivity index (χ1) is 8.00. The minimum atomic E-state index is -3.47. The first kappa shape index (κ1) is 12.1. The summed E-state index contributed by atoms with van der Waals surface area (Å²) in [6.07, 6.45) is 1.71. The quantitative estimate of drug-likeness (QED) is 0.809. The molecule has 0 N–H and O–H groups in total. The average molecular weight is 252 g/mol. The third-order valence-corrected chi connectivity index (χ3v) is 4.45. The van der Waals surface area contributed by atoms with Gasteiger partial charge in [-0.05, 0) is 38.8 Å². The maximum Gasteiger partial charge on any atom is 0.278 e. The standard InChI is InChI=1S/C12H16N2O2S/c1-10-5-7-12(8-6-10)17(15,16)14-9-3-4-11(2)13-14/h5-8H,3-4,9H2,1-2H3. The number of aryl methyl sites for hydroxylation is 1. The SMILES string of the molecule is CC1=NN(S(=O)(=O)c2ccc(C)cc2)CCC1. The van der Waals surface area contributed by atoms with Crippen molar-refractivity contribution in [2.75, 3.05) is 6.54 Å². The summed E-state index contributed by atoms with van der Waals surface area (Å²) in [4.78, 5) is 0.307. The van der Waals surface area contributed by atoms with E-state index in [1.807, 2.05) is 13.8 Å². The molecule has 2 rings (SSSR count). The number of nitrogens with zero attached hydrogens (tertiary/aromatic N) is 2. The van der Waals surface area contributed by atoms with Crippen molar-refractivity contribution in [3.63, 3.8) is 0 Å². The highest BCUT2D eigenvalue weighted by atomic mass is 32.2. The van der Waals surface area contributed by atoms with Gasteiger partial charge in [-0.3, -0.25) is 0 Å². The maximum atomic E-state index is 12.3. The van der Waals surface area contributed by atoms with Gasteiger partial charge in [0, 0.05) is 5.71 Å². The zero-order valence-corrected chi connectivity index (χ0v) is 10.9. The lowest BCUT2D eigenvalue weighted by Crippen LogP contribution is -2.31. The third kappa shape index (κ3) is 2.49. The van der Waals surface area contributed by atoms with Gasteiger partial charge in [-0.2, -0.15) is 17.9 Å². The summed E-state index contributed by atoms with van der Waals surface area (Å²) in [6.45, 7) is 4.25. The second-order valence-electron chi connectivity index (χ2n) is 4.30. The molecule has 1 aliphatic heterocycles. The fourth-order valence-electron chi connectivity index (χ4n) is 1.77. The predicted octanol–water partition coefficient (Wildman–Crippen LogP) is 2.16. The van der Waals surface area contributed by atoms with Gasteiger partial charge in [0.05, 0.1) is 11.4 Å². The van der Waals surface area contributed by atoms with E-state index in [0.29, 0.717) is 11.4 Å². The Bertz CT molecular complexity index is 532. The van der Waals surface area contributed by atoms with E-state index in [4.69, 9.17) is 0 Å². The van der Waals surface area contributed by atoms with Gasteiger partial charge in [0.1, 0.15) is 0 Å². The Hall–Kier alpha value is -1.36. The van der Waals surface area contributed by atoms with Crippen LogP contribution < -0.4 is 0 Å². The summed E-state index contributed by atoms with van der Waals surface area (Å²) < 4.78 is 25.7. The highest BCUT2D eigenvalue weighted by Crippen LogP contribution is 2.20. The van der Waals surface area contributed by atoms with Crippen LogP contribution in [0.2, 0.25) is 0 Å². The molecule has 0 radical (unpaired) electrons. The average Bonchev–Trinajstić information content (AvgIpc) is 2.29. The summed E-state index contributed by atoms with van der Waals surface area (Å²) in [5.41, 5.74) is 1.91. The third-order valence-electron chi connectivity index (χ3n) is 2.77. The number of rotatable bonds is 2. The molecule has 4 nitrogen and oxygen atoms in total. The number of hydrazone groups is 1. The lowest BCUT2D eigenvalue weighted by molar-refractivity contribution is 0.409. The molecule has 5 heteroatoms. The van der Waals surface area contributed by atoms with Crippen molar-refractivity contribution in [3.05, 3.63) is 29.8 Å². The smallest absolute Gasteiger partial charge is 0.200 e. The molecule has 0 amide bonds. The normalized spacial score (nSPS) is 16.8. The van der Waals surface area contributed by atoms with E-state index in [1.165, 1.54) is 4.41 Å². The predicted molar refractivity (Wildman–Crippen MR) is 67.4 cm³/mol. The Labute approximate surface area is 102 Å². The maximum absolute atomic E-state index is 12.3. The van der Waals surface area contributed by atoms with E-state index in [1.54, 1.807) is 24.3 Å². The van der Waals surface area contributed by atoms with Gasteiger partial charge in [-0.15, -0.1) is 0 Å². The Morgan fingerprint density at radius 1 is 1.18 bits per heavy atom. The molecule has 1 aliphatic rings. The molecule has 0 fully saturated rings. The zero-order valence-electron chi connectivity index (χ0n) is 10.0. The highest BCUT2D eigenvalue weighted by Gasteiger charge is 2.24. The van der Waals surface area contributed by atoms with Crippen molar-refractivity contribution in [2.45, 2.75) is 31.6 Å². The topological polar surface area (TPSA) is 49.7 Å². The molecule has 1 aromatic carbocycles. The Morgan fingerprint density at radius 2 is 1.82 bits per heavy atom. The van der Waals surface area contributed by atoms with Gasteiger partial charge < -0.3 is 0 Å². The summed E-state index contributed by atoms with van der Waals surface area (Å²) in [6, 6.07) is 6.86. The van der Waals surface area contributed by atoms with Crippen molar-refractivity contribution in [2.24, 2.45) is 5.10 Å². The number of hydrogen-bond donors (Lipinski definition) is 0. The van der Waals surface area contributed by atoms with Gasteiger partial charge in [0.2, 0.25) is 0 Å². The fourth-order valence-corrected chi connectivity index (χ4v) is 3.11. The van der Waals surface area contributed by atoms with Crippen LogP contribution >= 0.6 is 0 Å². The summed E-state index contributed by atoms with van der Waals surface area (Å²) in [7, 11) is -3.47. The second-order valence-corrected chi connectivity index (χ2v) is 6.15. The van der Waals surface area contributed by atoms with Crippen LogP contribution in [0.15, 0.2) is 34.3 Å². The number of hydrogen-bond acceptors (Lipinski definition) is 3. The van der Waals surface area contributed by atoms with Crippen molar-refractivity contribution in [1.29, 1.82) is 0 Å².